The zero-order valence-corrected chi connectivity index (χ0v) is 17.9. The van der Waals surface area contributed by atoms with Gasteiger partial charge in [-0.05, 0) is 42.3 Å². The van der Waals surface area contributed by atoms with Crippen molar-refractivity contribution in [3.63, 3.8) is 0 Å². The van der Waals surface area contributed by atoms with E-state index in [0.717, 1.165) is 4.57 Å². The number of aromatic nitrogens is 2. The quantitative estimate of drug-likeness (QED) is 0.531. The highest BCUT2D eigenvalue weighted by atomic mass is 32.2. The lowest BCUT2D eigenvalue weighted by atomic mass is 10.1. The first kappa shape index (κ1) is 21.1. The van der Waals surface area contributed by atoms with Crippen molar-refractivity contribution >= 4 is 38.9 Å². The number of hydrogen-bond donors (Lipinski definition) is 0. The van der Waals surface area contributed by atoms with E-state index in [2.05, 4.69) is 8.74 Å². The highest BCUT2D eigenvalue weighted by molar-refractivity contribution is 7.93. The van der Waals surface area contributed by atoms with Crippen molar-refractivity contribution in [1.82, 2.24) is 13.8 Å². The van der Waals surface area contributed by atoms with E-state index in [9.17, 15) is 23.9 Å². The Bertz CT molecular complexity index is 1090. The summed E-state index contributed by atoms with van der Waals surface area (Å²) in [5.74, 6) is -1.08. The molecule has 156 valence electrons. The largest absolute Gasteiger partial charge is 0.358 e. The first-order chi connectivity index (χ1) is 13.6. The minimum Gasteiger partial charge on any atom is -0.358 e. The van der Waals surface area contributed by atoms with Gasteiger partial charge in [0.05, 0.1) is 28.0 Å². The van der Waals surface area contributed by atoms with Gasteiger partial charge in [-0.2, -0.15) is 8.74 Å². The second-order valence-electron chi connectivity index (χ2n) is 6.96. The molecule has 0 N–H and O–H groups in total. The molecule has 2 aromatic rings. The summed E-state index contributed by atoms with van der Waals surface area (Å²) < 4.78 is 22.2. The maximum absolute atomic E-state index is 13.1. The third-order valence-corrected chi connectivity index (χ3v) is 8.05. The van der Waals surface area contributed by atoms with Gasteiger partial charge < -0.3 is 15.0 Å². The van der Waals surface area contributed by atoms with Gasteiger partial charge in [0.2, 0.25) is 0 Å². The Morgan fingerprint density at radius 1 is 1.34 bits per heavy atom. The second kappa shape index (κ2) is 8.03. The Kier molecular flexibility index (Phi) is 5.85. The standard InChI is InChI=1S/C17H21N5O5S2/c1-11-13(10-28-18-11)17(24)21-8-6-12(7-9-21)29(3,27)19-16(23)14-4-5-15(20(14)2)22(25)26/h4-5,10,12H,6-9H2,1-3H3. The predicted octanol–water partition coefficient (Wildman–Crippen LogP) is 2.24. The van der Waals surface area contributed by atoms with Gasteiger partial charge >= 0.3 is 11.7 Å². The summed E-state index contributed by atoms with van der Waals surface area (Å²) in [4.78, 5) is 37.1. The topological polar surface area (TPSA) is 128 Å². The van der Waals surface area contributed by atoms with E-state index in [4.69, 9.17) is 0 Å². The lowest BCUT2D eigenvalue weighted by Crippen LogP contribution is -2.42. The number of aryl methyl sites for hydroxylation is 1. The molecule has 1 atom stereocenters. The molecule has 3 rings (SSSR count). The Morgan fingerprint density at radius 2 is 2.00 bits per heavy atom. The van der Waals surface area contributed by atoms with E-state index in [-0.39, 0.29) is 22.7 Å². The molecule has 1 unspecified atom stereocenters. The number of carbonyl (C=O) groups is 2. The van der Waals surface area contributed by atoms with Crippen LogP contribution in [0.2, 0.25) is 0 Å². The van der Waals surface area contributed by atoms with E-state index >= 15 is 0 Å². The van der Waals surface area contributed by atoms with Crippen LogP contribution in [0, 0.1) is 17.0 Å². The van der Waals surface area contributed by atoms with E-state index in [0.29, 0.717) is 37.2 Å². The van der Waals surface area contributed by atoms with Crippen LogP contribution in [-0.4, -0.2) is 59.4 Å². The molecular formula is C17H21N5O5S2. The van der Waals surface area contributed by atoms with E-state index in [1.165, 1.54) is 37.0 Å². The molecule has 0 aromatic carbocycles. The van der Waals surface area contributed by atoms with Crippen LogP contribution in [-0.2, 0) is 16.8 Å². The first-order valence-corrected chi connectivity index (χ1v) is 11.7. The van der Waals surface area contributed by atoms with Gasteiger partial charge in [-0.15, -0.1) is 0 Å². The SMILES string of the molecule is Cc1nscc1C(=O)N1CCC(S(C)(=O)=NC(=O)c2ccc([N+](=O)[O-])n2C)CC1. The van der Waals surface area contributed by atoms with Gasteiger partial charge in [-0.3, -0.25) is 9.59 Å². The number of likely N-dealkylation sites (tertiary alicyclic amines) is 1. The number of nitro groups is 1. The van der Waals surface area contributed by atoms with Crippen LogP contribution in [0.4, 0.5) is 5.82 Å². The molecule has 1 aliphatic rings. The summed E-state index contributed by atoms with van der Waals surface area (Å²) in [5.41, 5.74) is 1.29. The fourth-order valence-electron chi connectivity index (χ4n) is 3.35. The molecule has 0 spiro atoms. The molecule has 0 radical (unpaired) electrons. The number of rotatable bonds is 4. The summed E-state index contributed by atoms with van der Waals surface area (Å²) in [5, 5.41) is 12.3. The van der Waals surface area contributed by atoms with Crippen LogP contribution in [0.25, 0.3) is 0 Å². The lowest BCUT2D eigenvalue weighted by molar-refractivity contribution is -0.391. The highest BCUT2D eigenvalue weighted by Crippen LogP contribution is 2.23. The zero-order valence-electron chi connectivity index (χ0n) is 16.2. The van der Waals surface area contributed by atoms with Crippen molar-refractivity contribution in [3.8, 4) is 0 Å². The molecule has 1 saturated heterocycles. The molecule has 1 fully saturated rings. The van der Waals surface area contributed by atoms with Crippen LogP contribution >= 0.6 is 11.5 Å². The van der Waals surface area contributed by atoms with E-state index in [1.807, 2.05) is 0 Å². The molecule has 3 heterocycles. The molecule has 2 amide bonds. The summed E-state index contributed by atoms with van der Waals surface area (Å²) in [7, 11) is -1.48. The third kappa shape index (κ3) is 4.22. The Hall–Kier alpha value is -2.60. The molecule has 2 aromatic heterocycles. The van der Waals surface area contributed by atoms with Crippen molar-refractivity contribution in [2.75, 3.05) is 19.3 Å². The van der Waals surface area contributed by atoms with Crippen LogP contribution < -0.4 is 0 Å². The molecule has 29 heavy (non-hydrogen) atoms. The minimum absolute atomic E-state index is 0.0133. The van der Waals surface area contributed by atoms with Crippen LogP contribution in [0.1, 0.15) is 39.4 Å². The molecular weight excluding hydrogens is 418 g/mol. The maximum Gasteiger partial charge on any atom is 0.324 e. The number of hydrogen-bond acceptors (Lipinski definition) is 7. The second-order valence-corrected chi connectivity index (χ2v) is 10.2. The molecule has 0 saturated carbocycles. The van der Waals surface area contributed by atoms with Gasteiger partial charge in [0.15, 0.2) is 5.69 Å². The number of piperidine rings is 1. The Labute approximate surface area is 172 Å². The fraction of sp³-hybridized carbons (Fsp3) is 0.471. The van der Waals surface area contributed by atoms with Crippen molar-refractivity contribution in [3.05, 3.63) is 44.6 Å². The highest BCUT2D eigenvalue weighted by Gasteiger charge is 2.31. The Morgan fingerprint density at radius 3 is 2.52 bits per heavy atom. The van der Waals surface area contributed by atoms with Crippen molar-refractivity contribution in [1.29, 1.82) is 0 Å². The van der Waals surface area contributed by atoms with Crippen LogP contribution in [0.3, 0.4) is 0 Å². The number of carbonyl (C=O) groups excluding carboxylic acids is 2. The third-order valence-electron chi connectivity index (χ3n) is 5.09. The van der Waals surface area contributed by atoms with Gasteiger partial charge in [0.25, 0.3) is 5.91 Å². The molecule has 1 aliphatic heterocycles. The monoisotopic (exact) mass is 439 g/mol. The first-order valence-electron chi connectivity index (χ1n) is 8.87. The average Bonchev–Trinajstić information content (AvgIpc) is 3.26. The van der Waals surface area contributed by atoms with Crippen LogP contribution in [0.15, 0.2) is 21.9 Å². The van der Waals surface area contributed by atoms with Crippen LogP contribution in [0.5, 0.6) is 0 Å². The summed E-state index contributed by atoms with van der Waals surface area (Å²) in [6, 6.07) is 2.52. The van der Waals surface area contributed by atoms with E-state index < -0.39 is 20.6 Å². The fourth-order valence-corrected chi connectivity index (χ4v) is 5.69. The average molecular weight is 440 g/mol. The van der Waals surface area contributed by atoms with Gasteiger partial charge in [-0.1, -0.05) is 0 Å². The zero-order chi connectivity index (χ0) is 21.3. The Balaban J connectivity index is 1.71. The molecule has 0 aliphatic carbocycles. The predicted molar refractivity (Wildman–Crippen MR) is 109 cm³/mol. The maximum atomic E-state index is 13.1. The molecule has 10 nitrogen and oxygen atoms in total. The van der Waals surface area contributed by atoms with Crippen molar-refractivity contribution < 1.29 is 18.7 Å². The summed E-state index contributed by atoms with van der Waals surface area (Å²) in [6.07, 6.45) is 2.35. The normalized spacial score (nSPS) is 17.0. The lowest BCUT2D eigenvalue weighted by Gasteiger charge is -2.32. The van der Waals surface area contributed by atoms with Gasteiger partial charge in [0.1, 0.15) is 0 Å². The molecule has 0 bridgehead atoms. The number of amides is 2. The van der Waals surface area contributed by atoms with Crippen molar-refractivity contribution in [2.45, 2.75) is 25.0 Å². The number of nitrogens with zero attached hydrogens (tertiary/aromatic N) is 5. The van der Waals surface area contributed by atoms with Crippen molar-refractivity contribution in [2.24, 2.45) is 11.4 Å². The summed E-state index contributed by atoms with van der Waals surface area (Å²) in [6.45, 7) is 2.62. The van der Waals surface area contributed by atoms with Gasteiger partial charge in [-0.25, -0.2) is 8.78 Å². The minimum atomic E-state index is -2.88. The molecule has 12 heteroatoms. The smallest absolute Gasteiger partial charge is 0.324 e. The van der Waals surface area contributed by atoms with E-state index in [1.54, 1.807) is 17.2 Å². The van der Waals surface area contributed by atoms with Gasteiger partial charge in [0, 0.05) is 36.0 Å². The summed E-state index contributed by atoms with van der Waals surface area (Å²) >= 11 is 1.23.